The molecule has 0 aliphatic carbocycles. The van der Waals surface area contributed by atoms with Crippen molar-refractivity contribution in [3.63, 3.8) is 0 Å². The van der Waals surface area contributed by atoms with Crippen molar-refractivity contribution >= 4 is 22.3 Å². The van der Waals surface area contributed by atoms with Crippen molar-refractivity contribution in [1.82, 2.24) is 5.32 Å². The number of hydrogen-bond donors (Lipinski definition) is 2. The molecule has 0 aliphatic heterocycles. The van der Waals surface area contributed by atoms with E-state index in [0.29, 0.717) is 6.54 Å². The van der Waals surface area contributed by atoms with E-state index in [9.17, 15) is 4.79 Å². The highest BCUT2D eigenvalue weighted by molar-refractivity contribution is 7.14. The van der Waals surface area contributed by atoms with E-state index in [1.165, 1.54) is 5.56 Å². The van der Waals surface area contributed by atoms with Gasteiger partial charge in [-0.2, -0.15) is 0 Å². The second-order valence-corrected chi connectivity index (χ2v) is 4.36. The van der Waals surface area contributed by atoms with Gasteiger partial charge in [0, 0.05) is 13.6 Å². The summed E-state index contributed by atoms with van der Waals surface area (Å²) in [6.07, 6.45) is 0. The molecular formula is C10H16N2O2S. The van der Waals surface area contributed by atoms with Crippen molar-refractivity contribution in [2.45, 2.75) is 13.0 Å². The van der Waals surface area contributed by atoms with Crippen LogP contribution in [0.1, 0.15) is 5.56 Å². The third kappa shape index (κ3) is 2.94. The number of thiophene rings is 1. The van der Waals surface area contributed by atoms with Gasteiger partial charge in [-0.1, -0.05) is 0 Å². The van der Waals surface area contributed by atoms with Gasteiger partial charge in [0.1, 0.15) is 6.04 Å². The summed E-state index contributed by atoms with van der Waals surface area (Å²) in [5.74, 6) is -0.821. The van der Waals surface area contributed by atoms with Crippen LogP contribution in [0, 0.1) is 6.92 Å². The molecule has 0 fully saturated rings. The number of hydrogen-bond acceptors (Lipinski definition) is 4. The van der Waals surface area contributed by atoms with Crippen molar-refractivity contribution in [3.05, 3.63) is 17.0 Å². The number of carboxylic acids is 1. The van der Waals surface area contributed by atoms with E-state index < -0.39 is 12.0 Å². The summed E-state index contributed by atoms with van der Waals surface area (Å²) in [6.45, 7) is 2.49. The molecule has 5 heteroatoms. The van der Waals surface area contributed by atoms with Crippen LogP contribution < -0.4 is 10.2 Å². The average Bonchev–Trinajstić information content (AvgIpc) is 2.60. The smallest absolute Gasteiger partial charge is 0.322 e. The molecule has 0 radical (unpaired) electrons. The van der Waals surface area contributed by atoms with Gasteiger partial charge in [0.25, 0.3) is 0 Å². The first kappa shape index (κ1) is 12.0. The van der Waals surface area contributed by atoms with Crippen LogP contribution in [0.25, 0.3) is 0 Å². The van der Waals surface area contributed by atoms with Gasteiger partial charge in [-0.25, -0.2) is 0 Å². The van der Waals surface area contributed by atoms with Crippen molar-refractivity contribution in [2.24, 2.45) is 0 Å². The monoisotopic (exact) mass is 228 g/mol. The van der Waals surface area contributed by atoms with Crippen LogP contribution in [0.5, 0.6) is 0 Å². The lowest BCUT2D eigenvalue weighted by atomic mass is 10.2. The predicted molar refractivity (Wildman–Crippen MR) is 62.8 cm³/mol. The van der Waals surface area contributed by atoms with Gasteiger partial charge in [-0.05, 0) is 31.0 Å². The number of nitrogens with zero attached hydrogens (tertiary/aromatic N) is 1. The van der Waals surface area contributed by atoms with E-state index in [1.807, 2.05) is 30.3 Å². The number of carbonyl (C=O) groups is 1. The zero-order valence-electron chi connectivity index (χ0n) is 9.15. The number of anilines is 1. The van der Waals surface area contributed by atoms with Gasteiger partial charge < -0.3 is 15.3 Å². The minimum atomic E-state index is -0.821. The number of aryl methyl sites for hydroxylation is 1. The highest BCUT2D eigenvalue weighted by atomic mass is 32.1. The van der Waals surface area contributed by atoms with Crippen LogP contribution in [-0.4, -0.2) is 37.8 Å². The molecule has 0 aromatic carbocycles. The summed E-state index contributed by atoms with van der Waals surface area (Å²) in [7, 11) is 3.57. The molecule has 15 heavy (non-hydrogen) atoms. The standard InChI is InChI=1S/C10H16N2O2S/c1-7-4-5-15-9(7)12(3)6-8(11-2)10(13)14/h4-5,8,11H,6H2,1-3H3,(H,13,14). The maximum Gasteiger partial charge on any atom is 0.322 e. The predicted octanol–water partition coefficient (Wildman–Crippen LogP) is 1.17. The largest absolute Gasteiger partial charge is 0.480 e. The summed E-state index contributed by atoms with van der Waals surface area (Å²) < 4.78 is 0. The summed E-state index contributed by atoms with van der Waals surface area (Å²) in [6, 6.07) is 1.50. The van der Waals surface area contributed by atoms with E-state index in [1.54, 1.807) is 18.4 Å². The highest BCUT2D eigenvalue weighted by Gasteiger charge is 2.18. The summed E-state index contributed by atoms with van der Waals surface area (Å²) in [4.78, 5) is 12.8. The molecule has 0 saturated heterocycles. The Morgan fingerprint density at radius 3 is 2.80 bits per heavy atom. The van der Waals surface area contributed by atoms with Gasteiger partial charge >= 0.3 is 5.97 Å². The number of likely N-dealkylation sites (N-methyl/N-ethyl adjacent to an activating group) is 2. The van der Waals surface area contributed by atoms with Gasteiger partial charge in [0.2, 0.25) is 0 Å². The lowest BCUT2D eigenvalue weighted by Crippen LogP contribution is -2.43. The van der Waals surface area contributed by atoms with Gasteiger partial charge in [0.15, 0.2) is 0 Å². The molecule has 4 nitrogen and oxygen atoms in total. The van der Waals surface area contributed by atoms with Crippen LogP contribution in [0.4, 0.5) is 5.00 Å². The van der Waals surface area contributed by atoms with Crippen LogP contribution in [-0.2, 0) is 4.79 Å². The lowest BCUT2D eigenvalue weighted by molar-refractivity contribution is -0.139. The van der Waals surface area contributed by atoms with E-state index in [0.717, 1.165) is 5.00 Å². The minimum absolute atomic E-state index is 0.465. The summed E-state index contributed by atoms with van der Waals surface area (Å²) in [5, 5.41) is 14.8. The normalized spacial score (nSPS) is 12.5. The minimum Gasteiger partial charge on any atom is -0.480 e. The Morgan fingerprint density at radius 1 is 1.73 bits per heavy atom. The maximum atomic E-state index is 10.8. The zero-order chi connectivity index (χ0) is 11.4. The second-order valence-electron chi connectivity index (χ2n) is 3.47. The molecule has 0 amide bonds. The van der Waals surface area contributed by atoms with Crippen LogP contribution in [0.15, 0.2) is 11.4 Å². The van der Waals surface area contributed by atoms with Crippen molar-refractivity contribution in [1.29, 1.82) is 0 Å². The molecule has 2 N–H and O–H groups in total. The Morgan fingerprint density at radius 2 is 2.40 bits per heavy atom. The Bertz CT molecular complexity index is 338. The number of aliphatic carboxylic acids is 1. The maximum absolute atomic E-state index is 10.8. The topological polar surface area (TPSA) is 52.6 Å². The first-order chi connectivity index (χ1) is 7.06. The number of nitrogens with one attached hydrogen (secondary N) is 1. The zero-order valence-corrected chi connectivity index (χ0v) is 9.97. The molecule has 1 rings (SSSR count). The Balaban J connectivity index is 2.66. The van der Waals surface area contributed by atoms with Crippen molar-refractivity contribution in [2.75, 3.05) is 25.5 Å². The van der Waals surface area contributed by atoms with E-state index in [2.05, 4.69) is 5.32 Å². The molecule has 1 unspecified atom stereocenters. The first-order valence-electron chi connectivity index (χ1n) is 4.71. The van der Waals surface area contributed by atoms with Gasteiger partial charge in [0.05, 0.1) is 5.00 Å². The molecule has 1 atom stereocenters. The fourth-order valence-electron chi connectivity index (χ4n) is 1.41. The fourth-order valence-corrected chi connectivity index (χ4v) is 2.31. The van der Waals surface area contributed by atoms with Crippen LogP contribution in [0.2, 0.25) is 0 Å². The van der Waals surface area contributed by atoms with Crippen LogP contribution >= 0.6 is 11.3 Å². The molecule has 84 valence electrons. The highest BCUT2D eigenvalue weighted by Crippen LogP contribution is 2.25. The Labute approximate surface area is 93.5 Å². The van der Waals surface area contributed by atoms with Gasteiger partial charge in [-0.3, -0.25) is 4.79 Å². The number of carboxylic acid groups (broad SMARTS) is 1. The summed E-state index contributed by atoms with van der Waals surface area (Å²) in [5.41, 5.74) is 1.18. The average molecular weight is 228 g/mol. The van der Waals surface area contributed by atoms with Gasteiger partial charge in [-0.15, -0.1) is 11.3 Å². The number of rotatable bonds is 5. The SMILES string of the molecule is CNC(CN(C)c1sccc1C)C(=O)O. The Hall–Kier alpha value is -1.07. The third-order valence-corrected chi connectivity index (χ3v) is 3.41. The fraction of sp³-hybridized carbons (Fsp3) is 0.500. The first-order valence-corrected chi connectivity index (χ1v) is 5.59. The van der Waals surface area contributed by atoms with Crippen molar-refractivity contribution < 1.29 is 9.90 Å². The second kappa shape index (κ2) is 5.14. The molecule has 0 aliphatic rings. The van der Waals surface area contributed by atoms with Crippen molar-refractivity contribution in [3.8, 4) is 0 Å². The van der Waals surface area contributed by atoms with E-state index in [4.69, 9.17) is 5.11 Å². The van der Waals surface area contributed by atoms with Crippen LogP contribution in [0.3, 0.4) is 0 Å². The molecule has 1 aromatic rings. The molecule has 0 saturated carbocycles. The quantitative estimate of drug-likeness (QED) is 0.794. The van der Waals surface area contributed by atoms with E-state index >= 15 is 0 Å². The Kier molecular flexibility index (Phi) is 4.11. The third-order valence-electron chi connectivity index (χ3n) is 2.28. The molecule has 1 heterocycles. The molecular weight excluding hydrogens is 212 g/mol. The molecule has 0 bridgehead atoms. The molecule has 0 spiro atoms. The van der Waals surface area contributed by atoms with E-state index in [-0.39, 0.29) is 0 Å². The lowest BCUT2D eigenvalue weighted by Gasteiger charge is -2.22. The molecule has 1 aromatic heterocycles. The summed E-state index contributed by atoms with van der Waals surface area (Å²) >= 11 is 1.63.